The first kappa shape index (κ1) is 16.3. The van der Waals surface area contributed by atoms with Crippen molar-refractivity contribution in [1.29, 1.82) is 0 Å². The molecular formula is C14H23N5O3. The van der Waals surface area contributed by atoms with Crippen molar-refractivity contribution in [1.82, 2.24) is 9.97 Å². The SMILES string of the molecule is COCC(C)Nc1ncnc(N2CCC(C(=O)O)CC2)c1N. The fourth-order valence-electron chi connectivity index (χ4n) is 2.62. The van der Waals surface area contributed by atoms with Gasteiger partial charge in [-0.3, -0.25) is 4.79 Å². The van der Waals surface area contributed by atoms with E-state index in [9.17, 15) is 4.79 Å². The second-order valence-corrected chi connectivity index (χ2v) is 5.56. The molecule has 0 radical (unpaired) electrons. The van der Waals surface area contributed by atoms with Crippen LogP contribution in [0.2, 0.25) is 0 Å². The predicted molar refractivity (Wildman–Crippen MR) is 84.0 cm³/mol. The number of piperidine rings is 1. The lowest BCUT2D eigenvalue weighted by molar-refractivity contribution is -0.142. The molecule has 22 heavy (non-hydrogen) atoms. The van der Waals surface area contributed by atoms with E-state index in [0.717, 1.165) is 0 Å². The summed E-state index contributed by atoms with van der Waals surface area (Å²) < 4.78 is 5.08. The summed E-state index contributed by atoms with van der Waals surface area (Å²) in [6.07, 6.45) is 2.67. The Morgan fingerprint density at radius 1 is 1.55 bits per heavy atom. The van der Waals surface area contributed by atoms with Crippen LogP contribution in [0.4, 0.5) is 17.3 Å². The van der Waals surface area contributed by atoms with Gasteiger partial charge in [0.1, 0.15) is 12.0 Å². The zero-order valence-electron chi connectivity index (χ0n) is 13.0. The quantitative estimate of drug-likeness (QED) is 0.707. The Kier molecular flexibility index (Phi) is 5.37. The number of nitrogen functional groups attached to an aromatic ring is 1. The van der Waals surface area contributed by atoms with Gasteiger partial charge in [-0.25, -0.2) is 9.97 Å². The Labute approximate surface area is 129 Å². The number of nitrogens with one attached hydrogen (secondary N) is 1. The predicted octanol–water partition coefficient (Wildman–Crippen LogP) is 0.807. The van der Waals surface area contributed by atoms with Gasteiger partial charge in [-0.2, -0.15) is 0 Å². The van der Waals surface area contributed by atoms with Crippen molar-refractivity contribution >= 4 is 23.3 Å². The summed E-state index contributed by atoms with van der Waals surface area (Å²) in [4.78, 5) is 21.5. The van der Waals surface area contributed by atoms with Crippen LogP contribution in [0.25, 0.3) is 0 Å². The smallest absolute Gasteiger partial charge is 0.306 e. The highest BCUT2D eigenvalue weighted by atomic mass is 16.5. The number of rotatable bonds is 6. The molecule has 1 aromatic heterocycles. The van der Waals surface area contributed by atoms with Gasteiger partial charge >= 0.3 is 5.97 Å². The molecule has 122 valence electrons. The van der Waals surface area contributed by atoms with Crippen LogP contribution in [-0.2, 0) is 9.53 Å². The summed E-state index contributed by atoms with van der Waals surface area (Å²) in [5.41, 5.74) is 6.65. The van der Waals surface area contributed by atoms with E-state index in [2.05, 4.69) is 15.3 Å². The minimum Gasteiger partial charge on any atom is -0.481 e. The van der Waals surface area contributed by atoms with Crippen molar-refractivity contribution < 1.29 is 14.6 Å². The third kappa shape index (κ3) is 3.76. The molecule has 0 aromatic carbocycles. The normalized spacial score (nSPS) is 17.3. The van der Waals surface area contributed by atoms with E-state index >= 15 is 0 Å². The number of carboxylic acid groups (broad SMARTS) is 1. The molecular weight excluding hydrogens is 286 g/mol. The summed E-state index contributed by atoms with van der Waals surface area (Å²) in [5.74, 6) is 0.227. The lowest BCUT2D eigenvalue weighted by Gasteiger charge is -2.32. The van der Waals surface area contributed by atoms with Crippen LogP contribution in [0, 0.1) is 5.92 Å². The first-order chi connectivity index (χ1) is 10.5. The number of aromatic nitrogens is 2. The molecule has 0 bridgehead atoms. The Hall–Kier alpha value is -2.09. The highest BCUT2D eigenvalue weighted by molar-refractivity contribution is 5.76. The van der Waals surface area contributed by atoms with Crippen molar-refractivity contribution in [3.05, 3.63) is 6.33 Å². The highest BCUT2D eigenvalue weighted by Gasteiger charge is 2.26. The number of ether oxygens (including phenoxy) is 1. The van der Waals surface area contributed by atoms with E-state index in [0.29, 0.717) is 49.9 Å². The average molecular weight is 309 g/mol. The monoisotopic (exact) mass is 309 g/mol. The Bertz CT molecular complexity index is 517. The number of carbonyl (C=O) groups is 1. The van der Waals surface area contributed by atoms with Crippen LogP contribution < -0.4 is 16.0 Å². The molecule has 1 aliphatic heterocycles. The van der Waals surface area contributed by atoms with Crippen LogP contribution >= 0.6 is 0 Å². The fraction of sp³-hybridized carbons (Fsp3) is 0.643. The molecule has 8 heteroatoms. The van der Waals surface area contributed by atoms with Crippen LogP contribution in [0.1, 0.15) is 19.8 Å². The number of carboxylic acids is 1. The van der Waals surface area contributed by atoms with Crippen LogP contribution in [-0.4, -0.2) is 53.9 Å². The Morgan fingerprint density at radius 3 is 2.82 bits per heavy atom. The molecule has 1 saturated heterocycles. The Balaban J connectivity index is 2.07. The second kappa shape index (κ2) is 7.26. The van der Waals surface area contributed by atoms with Crippen molar-refractivity contribution in [3.8, 4) is 0 Å². The molecule has 8 nitrogen and oxygen atoms in total. The van der Waals surface area contributed by atoms with E-state index in [1.807, 2.05) is 11.8 Å². The first-order valence-electron chi connectivity index (χ1n) is 7.36. The van der Waals surface area contributed by atoms with Crippen molar-refractivity contribution in [2.24, 2.45) is 5.92 Å². The molecule has 1 unspecified atom stereocenters. The molecule has 0 spiro atoms. The molecule has 1 aliphatic rings. The number of methoxy groups -OCH3 is 1. The number of nitrogens with zero attached hydrogens (tertiary/aromatic N) is 3. The van der Waals surface area contributed by atoms with Gasteiger partial charge in [-0.1, -0.05) is 0 Å². The Morgan fingerprint density at radius 2 is 2.23 bits per heavy atom. The third-order valence-electron chi connectivity index (χ3n) is 3.81. The number of nitrogens with two attached hydrogens (primary N) is 1. The van der Waals surface area contributed by atoms with E-state index in [4.69, 9.17) is 15.6 Å². The van der Waals surface area contributed by atoms with Gasteiger partial charge in [0.15, 0.2) is 11.6 Å². The maximum absolute atomic E-state index is 11.0. The topological polar surface area (TPSA) is 114 Å². The third-order valence-corrected chi connectivity index (χ3v) is 3.81. The van der Waals surface area contributed by atoms with Gasteiger partial charge in [0.05, 0.1) is 12.5 Å². The summed E-state index contributed by atoms with van der Waals surface area (Å²) in [5, 5.41) is 12.2. The van der Waals surface area contributed by atoms with Gasteiger partial charge in [-0.05, 0) is 19.8 Å². The second-order valence-electron chi connectivity index (χ2n) is 5.56. The summed E-state index contributed by atoms with van der Waals surface area (Å²) in [6, 6.07) is 0.0767. The van der Waals surface area contributed by atoms with Gasteiger partial charge in [0.2, 0.25) is 0 Å². The molecule has 4 N–H and O–H groups in total. The fourth-order valence-corrected chi connectivity index (χ4v) is 2.62. The lowest BCUT2D eigenvalue weighted by atomic mass is 9.97. The zero-order chi connectivity index (χ0) is 16.1. The van der Waals surface area contributed by atoms with Gasteiger partial charge in [0, 0.05) is 26.2 Å². The van der Waals surface area contributed by atoms with E-state index < -0.39 is 5.97 Å². The number of hydrogen-bond acceptors (Lipinski definition) is 7. The van der Waals surface area contributed by atoms with Crippen LogP contribution in [0.5, 0.6) is 0 Å². The van der Waals surface area contributed by atoms with Crippen LogP contribution in [0.15, 0.2) is 6.33 Å². The zero-order valence-corrected chi connectivity index (χ0v) is 13.0. The summed E-state index contributed by atoms with van der Waals surface area (Å²) >= 11 is 0. The van der Waals surface area contributed by atoms with E-state index in [-0.39, 0.29) is 12.0 Å². The molecule has 2 heterocycles. The molecule has 0 amide bonds. The number of aliphatic carboxylic acids is 1. The summed E-state index contributed by atoms with van der Waals surface area (Å²) in [6.45, 7) is 3.78. The number of anilines is 3. The van der Waals surface area contributed by atoms with Gasteiger partial charge < -0.3 is 25.8 Å². The molecule has 0 saturated carbocycles. The van der Waals surface area contributed by atoms with E-state index in [1.165, 1.54) is 6.33 Å². The highest BCUT2D eigenvalue weighted by Crippen LogP contribution is 2.30. The van der Waals surface area contributed by atoms with Gasteiger partial charge in [0.25, 0.3) is 0 Å². The van der Waals surface area contributed by atoms with Crippen molar-refractivity contribution in [2.75, 3.05) is 42.8 Å². The van der Waals surface area contributed by atoms with Crippen molar-refractivity contribution in [2.45, 2.75) is 25.8 Å². The molecule has 1 fully saturated rings. The molecule has 0 aliphatic carbocycles. The largest absolute Gasteiger partial charge is 0.481 e. The minimum atomic E-state index is -0.731. The number of hydrogen-bond donors (Lipinski definition) is 3. The van der Waals surface area contributed by atoms with Crippen molar-refractivity contribution in [3.63, 3.8) is 0 Å². The first-order valence-corrected chi connectivity index (χ1v) is 7.36. The molecule has 1 aromatic rings. The standard InChI is InChI=1S/C14H23N5O3/c1-9(7-22-2)18-12-11(15)13(17-8-16-12)19-5-3-10(4-6-19)14(20)21/h8-10H,3-7,15H2,1-2H3,(H,20,21)(H,16,17,18). The summed E-state index contributed by atoms with van der Waals surface area (Å²) in [7, 11) is 1.64. The minimum absolute atomic E-state index is 0.0767. The molecule has 1 atom stereocenters. The van der Waals surface area contributed by atoms with Crippen LogP contribution in [0.3, 0.4) is 0 Å². The molecule has 2 rings (SSSR count). The maximum Gasteiger partial charge on any atom is 0.306 e. The van der Waals surface area contributed by atoms with E-state index in [1.54, 1.807) is 7.11 Å². The van der Waals surface area contributed by atoms with Gasteiger partial charge in [-0.15, -0.1) is 0 Å². The maximum atomic E-state index is 11.0. The lowest BCUT2D eigenvalue weighted by Crippen LogP contribution is -2.37. The average Bonchev–Trinajstić information content (AvgIpc) is 2.50.